The molecule has 3 aliphatic rings. The topological polar surface area (TPSA) is 97.6 Å². The third-order valence-corrected chi connectivity index (χ3v) is 7.47. The van der Waals surface area contributed by atoms with Gasteiger partial charge in [-0.25, -0.2) is 19.2 Å². The molecule has 2 aliphatic heterocycles. The molecule has 2 unspecified atom stereocenters. The van der Waals surface area contributed by atoms with E-state index in [4.69, 9.17) is 14.2 Å². The number of aromatic nitrogens is 2. The normalized spacial score (nSPS) is 24.0. The number of ether oxygens (including phenoxy) is 3. The lowest BCUT2D eigenvalue weighted by atomic mass is 9.84. The van der Waals surface area contributed by atoms with Crippen LogP contribution in [-0.4, -0.2) is 59.5 Å². The first kappa shape index (κ1) is 21.3. The second-order valence-electron chi connectivity index (χ2n) is 8.94. The van der Waals surface area contributed by atoms with Gasteiger partial charge in [0.2, 0.25) is 5.88 Å². The number of benzene rings is 1. The molecule has 174 valence electrons. The summed E-state index contributed by atoms with van der Waals surface area (Å²) in [6.07, 6.45) is 3.00. The van der Waals surface area contributed by atoms with Crippen molar-refractivity contribution in [2.45, 2.75) is 25.0 Å². The molecule has 2 saturated heterocycles. The molecule has 2 bridgehead atoms. The van der Waals surface area contributed by atoms with Gasteiger partial charge in [0.1, 0.15) is 29.1 Å². The Labute approximate surface area is 198 Å². The molecule has 1 aromatic carbocycles. The molecular weight excluding hydrogens is 459 g/mol. The number of hydrogen-bond donors (Lipinski definition) is 0. The van der Waals surface area contributed by atoms with Crippen molar-refractivity contribution in [2.75, 3.05) is 26.3 Å². The van der Waals surface area contributed by atoms with Crippen molar-refractivity contribution in [3.05, 3.63) is 41.3 Å². The van der Waals surface area contributed by atoms with E-state index >= 15 is 0 Å². The Kier molecular flexibility index (Phi) is 5.31. The molecule has 0 spiro atoms. The van der Waals surface area contributed by atoms with Gasteiger partial charge in [-0.2, -0.15) is 5.26 Å². The van der Waals surface area contributed by atoms with Gasteiger partial charge in [0.25, 0.3) is 0 Å². The van der Waals surface area contributed by atoms with Crippen LogP contribution in [-0.2, 0) is 9.47 Å². The molecule has 10 heteroatoms. The van der Waals surface area contributed by atoms with Gasteiger partial charge < -0.3 is 19.1 Å². The Morgan fingerprint density at radius 2 is 2.00 bits per heavy atom. The fourth-order valence-electron chi connectivity index (χ4n) is 4.72. The lowest BCUT2D eigenvalue weighted by Crippen LogP contribution is -2.58. The maximum Gasteiger partial charge on any atom is 0.410 e. The molecule has 6 rings (SSSR count). The van der Waals surface area contributed by atoms with E-state index < -0.39 is 5.82 Å². The Hall–Kier alpha value is -3.29. The summed E-state index contributed by atoms with van der Waals surface area (Å²) in [6, 6.07) is 6.21. The molecule has 2 aromatic heterocycles. The number of nitriles is 1. The zero-order valence-corrected chi connectivity index (χ0v) is 19.0. The molecule has 1 amide bonds. The largest absolute Gasteiger partial charge is 0.472 e. The zero-order chi connectivity index (χ0) is 23.2. The molecular formula is C24H21FN4O4S. The minimum Gasteiger partial charge on any atom is -0.472 e. The summed E-state index contributed by atoms with van der Waals surface area (Å²) in [7, 11) is 0. The highest BCUT2D eigenvalue weighted by atomic mass is 32.1. The molecule has 1 saturated carbocycles. The minimum absolute atomic E-state index is 0.00555. The SMILES string of the molecule is N#Cc1cc(F)ccc1-c1csc2c(OC3C4COCC3CN(C(=O)OC3CC3)C4)ncnc12. The van der Waals surface area contributed by atoms with E-state index in [1.54, 1.807) is 11.0 Å². The number of rotatable bonds is 4. The van der Waals surface area contributed by atoms with E-state index in [1.165, 1.54) is 29.8 Å². The minimum atomic E-state index is -0.459. The maximum absolute atomic E-state index is 13.6. The van der Waals surface area contributed by atoms with Gasteiger partial charge in [0.05, 0.1) is 30.4 Å². The summed E-state index contributed by atoms with van der Waals surface area (Å²) >= 11 is 1.43. The first-order chi connectivity index (χ1) is 16.6. The summed E-state index contributed by atoms with van der Waals surface area (Å²) in [4.78, 5) is 23.1. The predicted molar refractivity (Wildman–Crippen MR) is 121 cm³/mol. The van der Waals surface area contributed by atoms with Crippen molar-refractivity contribution >= 4 is 27.6 Å². The predicted octanol–water partition coefficient (Wildman–Crippen LogP) is 3.99. The number of likely N-dealkylation sites (tertiary alicyclic amines) is 1. The monoisotopic (exact) mass is 480 g/mol. The van der Waals surface area contributed by atoms with Crippen LogP contribution in [0.25, 0.3) is 21.3 Å². The van der Waals surface area contributed by atoms with Crippen LogP contribution in [0.1, 0.15) is 18.4 Å². The number of piperidine rings is 1. The number of carbonyl (C=O) groups is 1. The van der Waals surface area contributed by atoms with Crippen LogP contribution in [0.15, 0.2) is 29.9 Å². The second-order valence-corrected chi connectivity index (χ2v) is 9.82. The van der Waals surface area contributed by atoms with Crippen molar-refractivity contribution in [1.82, 2.24) is 14.9 Å². The molecule has 0 N–H and O–H groups in total. The number of amides is 1. The van der Waals surface area contributed by atoms with Gasteiger partial charge in [0.15, 0.2) is 0 Å². The fraction of sp³-hybridized carbons (Fsp3) is 0.417. The highest BCUT2D eigenvalue weighted by Crippen LogP contribution is 2.40. The lowest BCUT2D eigenvalue weighted by Gasteiger charge is -2.45. The molecule has 3 aromatic rings. The van der Waals surface area contributed by atoms with Crippen LogP contribution in [0, 0.1) is 29.0 Å². The van der Waals surface area contributed by atoms with Crippen LogP contribution in [0.2, 0.25) is 0 Å². The summed E-state index contributed by atoms with van der Waals surface area (Å²) in [6.45, 7) is 2.02. The summed E-state index contributed by atoms with van der Waals surface area (Å²) < 4.78 is 32.1. The van der Waals surface area contributed by atoms with Crippen LogP contribution in [0.4, 0.5) is 9.18 Å². The van der Waals surface area contributed by atoms with Crippen LogP contribution in [0.5, 0.6) is 5.88 Å². The van der Waals surface area contributed by atoms with Crippen LogP contribution < -0.4 is 4.74 Å². The van der Waals surface area contributed by atoms with E-state index in [0.29, 0.717) is 43.3 Å². The number of hydrogen-bond acceptors (Lipinski definition) is 8. The van der Waals surface area contributed by atoms with E-state index in [2.05, 4.69) is 16.0 Å². The molecule has 2 atom stereocenters. The molecule has 1 aliphatic carbocycles. The Morgan fingerprint density at radius 1 is 1.21 bits per heavy atom. The highest BCUT2D eigenvalue weighted by molar-refractivity contribution is 7.18. The zero-order valence-electron chi connectivity index (χ0n) is 18.1. The average molecular weight is 481 g/mol. The van der Waals surface area contributed by atoms with Crippen molar-refractivity contribution < 1.29 is 23.4 Å². The van der Waals surface area contributed by atoms with Crippen molar-refractivity contribution in [1.29, 1.82) is 5.26 Å². The number of carbonyl (C=O) groups excluding carboxylic acids is 1. The number of fused-ring (bicyclic) bond motifs is 3. The number of thiophene rings is 1. The van der Waals surface area contributed by atoms with Gasteiger partial charge in [-0.3, -0.25) is 0 Å². The van der Waals surface area contributed by atoms with Crippen molar-refractivity contribution in [3.8, 4) is 23.1 Å². The highest BCUT2D eigenvalue weighted by Gasteiger charge is 2.45. The van der Waals surface area contributed by atoms with E-state index in [-0.39, 0.29) is 35.7 Å². The van der Waals surface area contributed by atoms with E-state index in [0.717, 1.165) is 23.1 Å². The molecule has 8 nitrogen and oxygen atoms in total. The van der Waals surface area contributed by atoms with Crippen molar-refractivity contribution in [2.24, 2.45) is 11.8 Å². The first-order valence-corrected chi connectivity index (χ1v) is 12.1. The Bertz CT molecular complexity index is 1290. The van der Waals surface area contributed by atoms with Gasteiger partial charge in [0, 0.05) is 41.4 Å². The average Bonchev–Trinajstić information content (AvgIpc) is 3.54. The number of halogens is 1. The Morgan fingerprint density at radius 3 is 2.74 bits per heavy atom. The van der Waals surface area contributed by atoms with Gasteiger partial charge in [-0.05, 0) is 25.0 Å². The van der Waals surface area contributed by atoms with Crippen LogP contribution >= 0.6 is 11.3 Å². The lowest BCUT2D eigenvalue weighted by molar-refractivity contribution is -0.109. The molecule has 4 heterocycles. The van der Waals surface area contributed by atoms with E-state index in [9.17, 15) is 14.4 Å². The van der Waals surface area contributed by atoms with Gasteiger partial charge in [-0.15, -0.1) is 11.3 Å². The smallest absolute Gasteiger partial charge is 0.410 e. The summed E-state index contributed by atoms with van der Waals surface area (Å²) in [5.74, 6) is 0.0226. The third kappa shape index (κ3) is 3.85. The first-order valence-electron chi connectivity index (χ1n) is 11.2. The van der Waals surface area contributed by atoms with Gasteiger partial charge in [-0.1, -0.05) is 6.07 Å². The summed E-state index contributed by atoms with van der Waals surface area (Å²) in [5, 5.41) is 11.4. The Balaban J connectivity index is 1.27. The van der Waals surface area contributed by atoms with Crippen molar-refractivity contribution in [3.63, 3.8) is 0 Å². The maximum atomic E-state index is 13.6. The summed E-state index contributed by atoms with van der Waals surface area (Å²) in [5.41, 5.74) is 2.26. The molecule has 3 fully saturated rings. The fourth-order valence-corrected chi connectivity index (χ4v) is 5.67. The quantitative estimate of drug-likeness (QED) is 0.557. The second kappa shape index (κ2) is 8.49. The molecule has 34 heavy (non-hydrogen) atoms. The molecule has 0 radical (unpaired) electrons. The van der Waals surface area contributed by atoms with Crippen LogP contribution in [0.3, 0.4) is 0 Å². The standard InChI is InChI=1S/C24H21FN4O4S/c25-16-1-4-18(13(5-16)6-26)19-11-34-22-20(19)27-12-28-23(22)33-21-14-7-29(8-15(21)10-31-9-14)24(30)32-17-2-3-17/h1,4-5,11-12,14-15,17,21H,2-3,7-10H2. The van der Waals surface area contributed by atoms with E-state index in [1.807, 2.05) is 5.38 Å². The van der Waals surface area contributed by atoms with Gasteiger partial charge >= 0.3 is 6.09 Å². The third-order valence-electron chi connectivity index (χ3n) is 6.51. The number of nitrogens with zero attached hydrogens (tertiary/aromatic N) is 4.